The Morgan fingerprint density at radius 3 is 2.54 bits per heavy atom. The normalized spacial score (nSPS) is 11.7. The highest BCUT2D eigenvalue weighted by molar-refractivity contribution is 5.78. The second-order valence-corrected chi connectivity index (χ2v) is 5.46. The van der Waals surface area contributed by atoms with Crippen LogP contribution in [0.2, 0.25) is 0 Å². The summed E-state index contributed by atoms with van der Waals surface area (Å²) in [6.45, 7) is 1.82. The van der Waals surface area contributed by atoms with Gasteiger partial charge in [0.25, 0.3) is 5.91 Å². The van der Waals surface area contributed by atoms with Crippen LogP contribution in [0.4, 0.5) is 0 Å². The molecule has 0 aliphatic carbocycles. The number of hydrogen-bond donors (Lipinski definition) is 1. The number of ether oxygens (including phenoxy) is 1. The lowest BCUT2D eigenvalue weighted by Gasteiger charge is -2.14. The average molecular weight is 321 g/mol. The van der Waals surface area contributed by atoms with Gasteiger partial charge in [0.05, 0.1) is 12.3 Å². The largest absolute Gasteiger partial charge is 0.483 e. The van der Waals surface area contributed by atoms with E-state index in [0.717, 1.165) is 11.1 Å². The SMILES string of the molecule is CC(NC(=O)COc1ccccc1-c1ccccc1)c1ccco1. The van der Waals surface area contributed by atoms with E-state index in [1.54, 1.807) is 12.3 Å². The number of furan rings is 1. The Kier molecular flexibility index (Phi) is 4.96. The predicted molar refractivity (Wildman–Crippen MR) is 92.6 cm³/mol. The molecular formula is C20H19NO3. The minimum absolute atomic E-state index is 0.0467. The van der Waals surface area contributed by atoms with Crippen molar-refractivity contribution in [2.24, 2.45) is 0 Å². The first-order valence-electron chi connectivity index (χ1n) is 7.84. The summed E-state index contributed by atoms with van der Waals surface area (Å²) in [4.78, 5) is 12.1. The quantitative estimate of drug-likeness (QED) is 0.740. The molecule has 0 spiro atoms. The molecule has 0 radical (unpaired) electrons. The van der Waals surface area contributed by atoms with Crippen molar-refractivity contribution in [2.75, 3.05) is 6.61 Å². The van der Waals surface area contributed by atoms with Gasteiger partial charge >= 0.3 is 0 Å². The third-order valence-electron chi connectivity index (χ3n) is 3.68. The van der Waals surface area contributed by atoms with Crippen molar-refractivity contribution in [3.63, 3.8) is 0 Å². The van der Waals surface area contributed by atoms with Gasteiger partial charge in [-0.2, -0.15) is 0 Å². The number of amides is 1. The van der Waals surface area contributed by atoms with E-state index in [1.807, 2.05) is 67.6 Å². The molecule has 0 bridgehead atoms. The highest BCUT2D eigenvalue weighted by atomic mass is 16.5. The molecule has 24 heavy (non-hydrogen) atoms. The van der Waals surface area contributed by atoms with E-state index in [4.69, 9.17) is 9.15 Å². The molecule has 1 atom stereocenters. The van der Waals surface area contributed by atoms with Gasteiger partial charge in [0.2, 0.25) is 0 Å². The van der Waals surface area contributed by atoms with Crippen molar-refractivity contribution < 1.29 is 13.9 Å². The van der Waals surface area contributed by atoms with Crippen molar-refractivity contribution >= 4 is 5.91 Å². The van der Waals surface area contributed by atoms with Crippen molar-refractivity contribution in [3.05, 3.63) is 78.8 Å². The van der Waals surface area contributed by atoms with Gasteiger partial charge in [-0.3, -0.25) is 4.79 Å². The van der Waals surface area contributed by atoms with Crippen LogP contribution >= 0.6 is 0 Å². The molecule has 0 aliphatic rings. The molecule has 122 valence electrons. The van der Waals surface area contributed by atoms with Crippen LogP contribution in [-0.2, 0) is 4.79 Å². The second-order valence-electron chi connectivity index (χ2n) is 5.46. The van der Waals surface area contributed by atoms with Crippen LogP contribution in [0.25, 0.3) is 11.1 Å². The summed E-state index contributed by atoms with van der Waals surface area (Å²) in [6, 6.07) is 21.1. The summed E-state index contributed by atoms with van der Waals surface area (Å²) in [6.07, 6.45) is 1.59. The van der Waals surface area contributed by atoms with Crippen molar-refractivity contribution in [1.82, 2.24) is 5.32 Å². The maximum Gasteiger partial charge on any atom is 0.258 e. The van der Waals surface area contributed by atoms with Crippen LogP contribution in [0, 0.1) is 0 Å². The number of rotatable bonds is 6. The highest BCUT2D eigenvalue weighted by Gasteiger charge is 2.13. The molecule has 0 aliphatic heterocycles. The molecule has 1 amide bonds. The van der Waals surface area contributed by atoms with E-state index in [1.165, 1.54) is 0 Å². The lowest BCUT2D eigenvalue weighted by Crippen LogP contribution is -2.31. The van der Waals surface area contributed by atoms with Gasteiger partial charge in [-0.25, -0.2) is 0 Å². The Balaban J connectivity index is 1.64. The van der Waals surface area contributed by atoms with Gasteiger partial charge in [0.15, 0.2) is 6.61 Å². The zero-order valence-electron chi connectivity index (χ0n) is 13.4. The van der Waals surface area contributed by atoms with Gasteiger partial charge in [-0.05, 0) is 30.7 Å². The van der Waals surface area contributed by atoms with E-state index in [0.29, 0.717) is 11.5 Å². The lowest BCUT2D eigenvalue weighted by molar-refractivity contribution is -0.123. The number of benzene rings is 2. The monoisotopic (exact) mass is 321 g/mol. The molecule has 3 aromatic rings. The minimum Gasteiger partial charge on any atom is -0.483 e. The van der Waals surface area contributed by atoms with E-state index in [-0.39, 0.29) is 18.6 Å². The second kappa shape index (κ2) is 7.51. The van der Waals surface area contributed by atoms with Crippen molar-refractivity contribution in [1.29, 1.82) is 0 Å². The van der Waals surface area contributed by atoms with Gasteiger partial charge < -0.3 is 14.5 Å². The zero-order valence-corrected chi connectivity index (χ0v) is 13.4. The molecule has 1 N–H and O–H groups in total. The first-order chi connectivity index (χ1) is 11.7. The molecule has 0 fully saturated rings. The van der Waals surface area contributed by atoms with Gasteiger partial charge in [-0.1, -0.05) is 48.5 Å². The van der Waals surface area contributed by atoms with E-state index >= 15 is 0 Å². The molecule has 1 heterocycles. The maximum absolute atomic E-state index is 12.1. The number of hydrogen-bond acceptors (Lipinski definition) is 3. The summed E-state index contributed by atoms with van der Waals surface area (Å²) in [5, 5.41) is 2.85. The fourth-order valence-electron chi connectivity index (χ4n) is 2.48. The smallest absolute Gasteiger partial charge is 0.258 e. The van der Waals surface area contributed by atoms with Gasteiger partial charge in [0.1, 0.15) is 11.5 Å². The number of para-hydroxylation sites is 1. The lowest BCUT2D eigenvalue weighted by atomic mass is 10.1. The Morgan fingerprint density at radius 2 is 1.79 bits per heavy atom. The third kappa shape index (κ3) is 3.84. The number of carbonyl (C=O) groups excluding carboxylic acids is 1. The van der Waals surface area contributed by atoms with Crippen LogP contribution in [0.5, 0.6) is 5.75 Å². The summed E-state index contributed by atoms with van der Waals surface area (Å²) in [5.74, 6) is 1.21. The first kappa shape index (κ1) is 15.9. The highest BCUT2D eigenvalue weighted by Crippen LogP contribution is 2.29. The van der Waals surface area contributed by atoms with Crippen LogP contribution < -0.4 is 10.1 Å². The minimum atomic E-state index is -0.194. The molecular weight excluding hydrogens is 302 g/mol. The Morgan fingerprint density at radius 1 is 1.04 bits per heavy atom. The van der Waals surface area contributed by atoms with Crippen molar-refractivity contribution in [2.45, 2.75) is 13.0 Å². The summed E-state index contributed by atoms with van der Waals surface area (Å²) >= 11 is 0. The van der Waals surface area contributed by atoms with Gasteiger partial charge in [0, 0.05) is 5.56 Å². The zero-order chi connectivity index (χ0) is 16.8. The van der Waals surface area contributed by atoms with E-state index in [9.17, 15) is 4.79 Å². The Labute approximate surface area is 141 Å². The molecule has 3 rings (SSSR count). The Hall–Kier alpha value is -3.01. The topological polar surface area (TPSA) is 51.5 Å². The summed E-state index contributed by atoms with van der Waals surface area (Å²) in [5.41, 5.74) is 2.02. The molecule has 1 unspecified atom stereocenters. The fourth-order valence-corrected chi connectivity index (χ4v) is 2.48. The third-order valence-corrected chi connectivity index (χ3v) is 3.68. The van der Waals surface area contributed by atoms with Gasteiger partial charge in [-0.15, -0.1) is 0 Å². The van der Waals surface area contributed by atoms with Crippen molar-refractivity contribution in [3.8, 4) is 16.9 Å². The van der Waals surface area contributed by atoms with E-state index in [2.05, 4.69) is 5.32 Å². The van der Waals surface area contributed by atoms with Crippen LogP contribution in [0.3, 0.4) is 0 Å². The van der Waals surface area contributed by atoms with Crippen LogP contribution in [0.1, 0.15) is 18.7 Å². The molecule has 0 saturated carbocycles. The molecule has 2 aromatic carbocycles. The van der Waals surface area contributed by atoms with E-state index < -0.39 is 0 Å². The molecule has 0 saturated heterocycles. The maximum atomic E-state index is 12.1. The number of nitrogens with one attached hydrogen (secondary N) is 1. The first-order valence-corrected chi connectivity index (χ1v) is 7.84. The summed E-state index contributed by atoms with van der Waals surface area (Å²) in [7, 11) is 0. The molecule has 4 nitrogen and oxygen atoms in total. The van der Waals surface area contributed by atoms with Crippen LogP contribution in [-0.4, -0.2) is 12.5 Å². The molecule has 1 aromatic heterocycles. The average Bonchev–Trinajstić information content (AvgIpc) is 3.16. The fraction of sp³-hybridized carbons (Fsp3) is 0.150. The van der Waals surface area contributed by atoms with Crippen LogP contribution in [0.15, 0.2) is 77.4 Å². The standard InChI is InChI=1S/C20H19NO3/c1-15(18-12-7-13-23-18)21-20(22)14-24-19-11-6-5-10-17(19)16-8-3-2-4-9-16/h2-13,15H,14H2,1H3,(H,21,22). The predicted octanol–water partition coefficient (Wildman–Crippen LogP) is 4.20. The Bertz CT molecular complexity index is 782. The summed E-state index contributed by atoms with van der Waals surface area (Å²) < 4.78 is 11.0. The molecule has 4 heteroatoms. The number of carbonyl (C=O) groups is 1.